The molecular formula is C16H23FN2O2. The quantitative estimate of drug-likeness (QED) is 0.850. The number of carbonyl (C=O) groups is 1. The minimum Gasteiger partial charge on any atom is -0.376 e. The summed E-state index contributed by atoms with van der Waals surface area (Å²) in [7, 11) is 1.76. The average molecular weight is 294 g/mol. The maximum atomic E-state index is 13.2. The fraction of sp³-hybridized carbons (Fsp3) is 0.562. The van der Waals surface area contributed by atoms with Crippen LogP contribution in [0, 0.1) is 5.82 Å². The van der Waals surface area contributed by atoms with E-state index in [2.05, 4.69) is 4.90 Å². The van der Waals surface area contributed by atoms with Crippen LogP contribution in [0.3, 0.4) is 0 Å². The lowest BCUT2D eigenvalue weighted by Crippen LogP contribution is -2.51. The van der Waals surface area contributed by atoms with E-state index in [0.29, 0.717) is 13.2 Å². The van der Waals surface area contributed by atoms with Gasteiger partial charge >= 0.3 is 0 Å². The van der Waals surface area contributed by atoms with Crippen molar-refractivity contribution in [2.75, 3.05) is 26.7 Å². The summed E-state index contributed by atoms with van der Waals surface area (Å²) in [4.78, 5) is 16.3. The topological polar surface area (TPSA) is 32.8 Å². The largest absolute Gasteiger partial charge is 0.376 e. The molecule has 4 nitrogen and oxygen atoms in total. The Bertz CT molecular complexity index is 495. The van der Waals surface area contributed by atoms with Crippen molar-refractivity contribution in [1.82, 2.24) is 9.80 Å². The van der Waals surface area contributed by atoms with Gasteiger partial charge in [0.15, 0.2) is 0 Å². The highest BCUT2D eigenvalue weighted by Gasteiger charge is 2.27. The van der Waals surface area contributed by atoms with E-state index in [1.165, 1.54) is 12.1 Å². The van der Waals surface area contributed by atoms with Gasteiger partial charge in [-0.05, 0) is 31.5 Å². The minimum absolute atomic E-state index is 0.0494. The van der Waals surface area contributed by atoms with Crippen molar-refractivity contribution in [2.45, 2.75) is 32.5 Å². The number of hydrogen-bond acceptors (Lipinski definition) is 3. The lowest BCUT2D eigenvalue weighted by Gasteiger charge is -2.36. The number of halogens is 1. The van der Waals surface area contributed by atoms with Crippen LogP contribution in [0.1, 0.15) is 19.4 Å². The molecule has 1 aliphatic rings. The van der Waals surface area contributed by atoms with Gasteiger partial charge in [0.25, 0.3) is 0 Å². The molecule has 1 aromatic carbocycles. The van der Waals surface area contributed by atoms with Gasteiger partial charge in [-0.25, -0.2) is 4.39 Å². The minimum atomic E-state index is -0.275. The monoisotopic (exact) mass is 294 g/mol. The summed E-state index contributed by atoms with van der Waals surface area (Å²) in [5.74, 6) is -0.225. The van der Waals surface area contributed by atoms with E-state index in [0.717, 1.165) is 18.7 Å². The zero-order valence-electron chi connectivity index (χ0n) is 12.9. The standard InChI is InChI=1S/C16H23FN2O2/c1-12-10-19(7-8-21-12)13(2)16(20)18(3)11-14-5-4-6-15(17)9-14/h4-6,9,12-13H,7-8,10-11H2,1-3H3. The molecule has 0 bridgehead atoms. The first-order valence-electron chi connectivity index (χ1n) is 7.32. The molecule has 5 heteroatoms. The molecule has 2 atom stereocenters. The van der Waals surface area contributed by atoms with E-state index in [1.807, 2.05) is 19.9 Å². The van der Waals surface area contributed by atoms with E-state index >= 15 is 0 Å². The molecule has 21 heavy (non-hydrogen) atoms. The smallest absolute Gasteiger partial charge is 0.239 e. The van der Waals surface area contributed by atoms with Gasteiger partial charge in [-0.15, -0.1) is 0 Å². The lowest BCUT2D eigenvalue weighted by atomic mass is 10.1. The molecule has 0 saturated carbocycles. The molecule has 0 radical (unpaired) electrons. The Kier molecular flexibility index (Phi) is 5.31. The second kappa shape index (κ2) is 7.00. The van der Waals surface area contributed by atoms with E-state index in [4.69, 9.17) is 4.74 Å². The number of benzene rings is 1. The van der Waals surface area contributed by atoms with Crippen LogP contribution in [0.15, 0.2) is 24.3 Å². The molecule has 0 N–H and O–H groups in total. The van der Waals surface area contributed by atoms with E-state index in [9.17, 15) is 9.18 Å². The van der Waals surface area contributed by atoms with Gasteiger partial charge in [0.2, 0.25) is 5.91 Å². The van der Waals surface area contributed by atoms with Crippen molar-refractivity contribution < 1.29 is 13.9 Å². The second-order valence-electron chi connectivity index (χ2n) is 5.68. The van der Waals surface area contributed by atoms with Crippen LogP contribution in [-0.2, 0) is 16.1 Å². The van der Waals surface area contributed by atoms with E-state index in [-0.39, 0.29) is 23.9 Å². The molecule has 0 spiro atoms. The van der Waals surface area contributed by atoms with Crippen LogP contribution in [0.4, 0.5) is 4.39 Å². The van der Waals surface area contributed by atoms with Crippen LogP contribution < -0.4 is 0 Å². The van der Waals surface area contributed by atoms with Crippen LogP contribution in [-0.4, -0.2) is 54.6 Å². The van der Waals surface area contributed by atoms with Crippen LogP contribution >= 0.6 is 0 Å². The van der Waals surface area contributed by atoms with Gasteiger partial charge in [0.05, 0.1) is 18.8 Å². The number of rotatable bonds is 4. The van der Waals surface area contributed by atoms with Crippen molar-refractivity contribution >= 4 is 5.91 Å². The molecule has 1 fully saturated rings. The summed E-state index contributed by atoms with van der Waals surface area (Å²) in [5.41, 5.74) is 0.799. The zero-order chi connectivity index (χ0) is 15.4. The molecule has 2 rings (SSSR count). The number of hydrogen-bond donors (Lipinski definition) is 0. The molecule has 0 aromatic heterocycles. The molecule has 1 saturated heterocycles. The summed E-state index contributed by atoms with van der Waals surface area (Å²) in [6.07, 6.45) is 0.155. The Balaban J connectivity index is 1.95. The van der Waals surface area contributed by atoms with Gasteiger partial charge in [-0.1, -0.05) is 12.1 Å². The summed E-state index contributed by atoms with van der Waals surface area (Å²) >= 11 is 0. The molecule has 1 aromatic rings. The molecule has 1 heterocycles. The zero-order valence-corrected chi connectivity index (χ0v) is 12.9. The van der Waals surface area contributed by atoms with Crippen molar-refractivity contribution in [3.63, 3.8) is 0 Å². The molecule has 0 aliphatic carbocycles. The van der Waals surface area contributed by atoms with Crippen molar-refractivity contribution in [2.24, 2.45) is 0 Å². The summed E-state index contributed by atoms with van der Waals surface area (Å²) in [5, 5.41) is 0. The number of amides is 1. The predicted molar refractivity (Wildman–Crippen MR) is 79.3 cm³/mol. The Labute approximate surface area is 125 Å². The maximum Gasteiger partial charge on any atom is 0.239 e. The molecule has 1 amide bonds. The van der Waals surface area contributed by atoms with Gasteiger partial charge in [0.1, 0.15) is 5.82 Å². The Morgan fingerprint density at radius 1 is 1.57 bits per heavy atom. The highest BCUT2D eigenvalue weighted by atomic mass is 19.1. The highest BCUT2D eigenvalue weighted by Crippen LogP contribution is 2.12. The van der Waals surface area contributed by atoms with Gasteiger partial charge in [0, 0.05) is 26.7 Å². The van der Waals surface area contributed by atoms with Crippen molar-refractivity contribution in [1.29, 1.82) is 0 Å². The van der Waals surface area contributed by atoms with Crippen molar-refractivity contribution in [3.05, 3.63) is 35.6 Å². The van der Waals surface area contributed by atoms with Gasteiger partial charge in [-0.3, -0.25) is 9.69 Å². The SMILES string of the molecule is CC1CN(C(C)C(=O)N(C)Cc2cccc(F)c2)CCO1. The fourth-order valence-electron chi connectivity index (χ4n) is 2.66. The van der Waals surface area contributed by atoms with E-state index < -0.39 is 0 Å². The van der Waals surface area contributed by atoms with Gasteiger partial charge < -0.3 is 9.64 Å². The first kappa shape index (κ1) is 15.9. The maximum absolute atomic E-state index is 13.2. The fourth-order valence-corrected chi connectivity index (χ4v) is 2.66. The normalized spacial score (nSPS) is 21.0. The molecule has 1 aliphatic heterocycles. The van der Waals surface area contributed by atoms with E-state index in [1.54, 1.807) is 18.0 Å². The molecule has 2 unspecified atom stereocenters. The third-order valence-electron chi connectivity index (χ3n) is 3.86. The van der Waals surface area contributed by atoms with Gasteiger partial charge in [-0.2, -0.15) is 0 Å². The number of morpholine rings is 1. The van der Waals surface area contributed by atoms with Crippen LogP contribution in [0.5, 0.6) is 0 Å². The first-order chi connectivity index (χ1) is 9.97. The summed E-state index contributed by atoms with van der Waals surface area (Å²) < 4.78 is 18.7. The number of nitrogens with zero attached hydrogens (tertiary/aromatic N) is 2. The number of ether oxygens (including phenoxy) is 1. The first-order valence-corrected chi connectivity index (χ1v) is 7.32. The van der Waals surface area contributed by atoms with Crippen molar-refractivity contribution in [3.8, 4) is 0 Å². The lowest BCUT2D eigenvalue weighted by molar-refractivity contribution is -0.138. The Morgan fingerprint density at radius 3 is 3.00 bits per heavy atom. The second-order valence-corrected chi connectivity index (χ2v) is 5.68. The summed E-state index contributed by atoms with van der Waals surface area (Å²) in [6.45, 7) is 6.54. The number of likely N-dealkylation sites (N-methyl/N-ethyl adjacent to an activating group) is 1. The molecular weight excluding hydrogens is 271 g/mol. The third kappa shape index (κ3) is 4.25. The number of carbonyl (C=O) groups excluding carboxylic acids is 1. The average Bonchev–Trinajstić information content (AvgIpc) is 2.45. The third-order valence-corrected chi connectivity index (χ3v) is 3.86. The summed E-state index contributed by atoms with van der Waals surface area (Å²) in [6, 6.07) is 6.17. The Hall–Kier alpha value is -1.46. The molecule has 116 valence electrons. The Morgan fingerprint density at radius 2 is 2.33 bits per heavy atom. The van der Waals surface area contributed by atoms with Crippen LogP contribution in [0.2, 0.25) is 0 Å². The highest BCUT2D eigenvalue weighted by molar-refractivity contribution is 5.81. The van der Waals surface area contributed by atoms with Crippen LogP contribution in [0.25, 0.3) is 0 Å². The predicted octanol–water partition coefficient (Wildman–Crippen LogP) is 1.89.